The zero-order valence-electron chi connectivity index (χ0n) is 22.2. The minimum atomic E-state index is -4.49. The summed E-state index contributed by atoms with van der Waals surface area (Å²) in [6.07, 6.45) is -3.98. The molecule has 4 rings (SSSR count). The second-order valence-electron chi connectivity index (χ2n) is 9.54. The lowest BCUT2D eigenvalue weighted by Crippen LogP contribution is -2.43. The van der Waals surface area contributed by atoms with Gasteiger partial charge in [-0.15, -0.1) is 0 Å². The van der Waals surface area contributed by atoms with Gasteiger partial charge in [-0.1, -0.05) is 53.5 Å². The molecule has 2 aromatic carbocycles. The molecule has 1 aliphatic rings. The van der Waals surface area contributed by atoms with Gasteiger partial charge in [0.05, 0.1) is 16.7 Å². The van der Waals surface area contributed by atoms with E-state index in [0.717, 1.165) is 29.3 Å². The third-order valence-corrected chi connectivity index (χ3v) is 8.66. The maximum atomic E-state index is 15.6. The second-order valence-corrected chi connectivity index (χ2v) is 12.1. The number of carbonyl (C=O) groups is 1. The lowest BCUT2D eigenvalue weighted by Gasteiger charge is -2.25. The minimum Gasteiger partial charge on any atom is -0.460 e. The fourth-order valence-corrected chi connectivity index (χ4v) is 5.82. The Bertz CT molecular complexity index is 1590. The first-order chi connectivity index (χ1) is 19.8. The summed E-state index contributed by atoms with van der Waals surface area (Å²) in [6.45, 7) is 1.59. The second kappa shape index (κ2) is 13.1. The number of nitrogens with one attached hydrogen (secondary N) is 2. The number of alkyl halides is 1. The molecule has 0 saturated carbocycles. The Hall–Kier alpha value is -3.03. The van der Waals surface area contributed by atoms with Gasteiger partial charge >= 0.3 is 19.4 Å². The number of esters is 1. The molecule has 16 heteroatoms. The quantitative estimate of drug-likeness (QED) is 0.207. The molecule has 3 N–H and O–H groups in total. The molecule has 12 nitrogen and oxygen atoms in total. The number of H-pyrrole nitrogens is 1. The Morgan fingerprint density at radius 3 is 2.60 bits per heavy atom. The van der Waals surface area contributed by atoms with Gasteiger partial charge in [0.1, 0.15) is 30.6 Å². The molecular formula is C26H27Cl2FN3O9P. The van der Waals surface area contributed by atoms with E-state index in [0.29, 0.717) is 0 Å². The maximum Gasteiger partial charge on any atom is 0.459 e. The van der Waals surface area contributed by atoms with Crippen molar-refractivity contribution in [3.05, 3.63) is 97.2 Å². The van der Waals surface area contributed by atoms with Gasteiger partial charge in [-0.3, -0.25) is 23.7 Å². The van der Waals surface area contributed by atoms with Crippen LogP contribution in [0.15, 0.2) is 70.4 Å². The monoisotopic (exact) mass is 645 g/mol. The van der Waals surface area contributed by atoms with Gasteiger partial charge in [0, 0.05) is 18.3 Å². The predicted molar refractivity (Wildman–Crippen MR) is 150 cm³/mol. The number of benzene rings is 2. The van der Waals surface area contributed by atoms with E-state index in [1.54, 1.807) is 30.3 Å². The zero-order valence-corrected chi connectivity index (χ0v) is 24.6. The summed E-state index contributed by atoms with van der Waals surface area (Å²) in [7, 11) is -4.49. The molecule has 3 aromatic rings. The maximum absolute atomic E-state index is 15.6. The molecule has 0 aliphatic carbocycles. The minimum absolute atomic E-state index is 0.0484. The van der Waals surface area contributed by atoms with Crippen molar-refractivity contribution in [2.45, 2.75) is 50.6 Å². The van der Waals surface area contributed by atoms with Crippen molar-refractivity contribution in [2.75, 3.05) is 6.61 Å². The summed E-state index contributed by atoms with van der Waals surface area (Å²) in [5.74, 6) is -0.836. The molecule has 0 radical (unpaired) electrons. The van der Waals surface area contributed by atoms with E-state index in [1.807, 2.05) is 4.98 Å². The highest BCUT2D eigenvalue weighted by Gasteiger charge is 2.56. The smallest absolute Gasteiger partial charge is 0.459 e. The number of hydrogen-bond acceptors (Lipinski definition) is 9. The average molecular weight is 646 g/mol. The SMILES string of the molecule is C[C@H](NP(=O)(OC[C@H]1O[C@@H](n2ccc(=O)[nH]c2=O)[C@](C)(F)[C@@H]1O)Oc1ccc(Cl)c(Cl)c1)C(=O)OCc1ccccc1. The average Bonchev–Trinajstić information content (AvgIpc) is 3.16. The van der Waals surface area contributed by atoms with Crippen LogP contribution in [0.3, 0.4) is 0 Å². The van der Waals surface area contributed by atoms with Crippen LogP contribution >= 0.6 is 30.9 Å². The van der Waals surface area contributed by atoms with Crippen molar-refractivity contribution in [2.24, 2.45) is 0 Å². The van der Waals surface area contributed by atoms with Crippen LogP contribution in [0.4, 0.5) is 4.39 Å². The van der Waals surface area contributed by atoms with E-state index in [1.165, 1.54) is 25.1 Å². The van der Waals surface area contributed by atoms with Crippen LogP contribution in [-0.4, -0.2) is 51.2 Å². The lowest BCUT2D eigenvalue weighted by molar-refractivity contribution is -0.146. The molecule has 1 aliphatic heterocycles. The number of hydrogen-bond donors (Lipinski definition) is 3. The van der Waals surface area contributed by atoms with Gasteiger partial charge in [0.15, 0.2) is 11.9 Å². The number of carbonyl (C=O) groups excluding carboxylic acids is 1. The number of ether oxygens (including phenoxy) is 2. The summed E-state index contributed by atoms with van der Waals surface area (Å²) in [6, 6.07) is 12.6. The molecule has 0 bridgehead atoms. The number of aromatic nitrogens is 2. The molecular weight excluding hydrogens is 619 g/mol. The van der Waals surface area contributed by atoms with Crippen LogP contribution in [-0.2, 0) is 30.0 Å². The Morgan fingerprint density at radius 1 is 1.21 bits per heavy atom. The Morgan fingerprint density at radius 2 is 1.93 bits per heavy atom. The highest BCUT2D eigenvalue weighted by molar-refractivity contribution is 7.52. The molecule has 0 spiro atoms. The first-order valence-electron chi connectivity index (χ1n) is 12.5. The highest BCUT2D eigenvalue weighted by atomic mass is 35.5. The molecule has 2 heterocycles. The van der Waals surface area contributed by atoms with E-state index in [9.17, 15) is 24.1 Å². The van der Waals surface area contributed by atoms with Crippen molar-refractivity contribution in [3.8, 4) is 5.75 Å². The Kier molecular flexibility index (Phi) is 9.94. The summed E-state index contributed by atoms with van der Waals surface area (Å²) < 4.78 is 52.1. The van der Waals surface area contributed by atoms with Crippen LogP contribution in [0.25, 0.3) is 0 Å². The summed E-state index contributed by atoms with van der Waals surface area (Å²) in [5.41, 5.74) is -3.49. The van der Waals surface area contributed by atoms with Gasteiger partial charge in [-0.05, 0) is 31.5 Å². The van der Waals surface area contributed by atoms with Crippen LogP contribution in [0.2, 0.25) is 10.0 Å². The first-order valence-corrected chi connectivity index (χ1v) is 14.8. The standard InChI is InChI=1S/C26H27Cl2FN3O9P/c1-15(23(35)38-13-16-6-4-3-5-7-16)31-42(37,41-17-8-9-18(27)19(28)12-17)39-14-20-22(34)26(2,29)24(40-20)32-11-10-21(33)30-25(32)36/h3-12,15,20,22,24,34H,13-14H2,1-2H3,(H,31,37)(H,30,33,36)/t15-,20+,22+,24+,26+,42?/m0/s1. The van der Waals surface area contributed by atoms with E-state index in [-0.39, 0.29) is 22.4 Å². The molecule has 1 unspecified atom stereocenters. The van der Waals surface area contributed by atoms with Crippen LogP contribution in [0.5, 0.6) is 5.75 Å². The fraction of sp³-hybridized carbons (Fsp3) is 0.346. The third-order valence-electron chi connectivity index (χ3n) is 6.28. The van der Waals surface area contributed by atoms with Crippen molar-refractivity contribution >= 4 is 36.9 Å². The fourth-order valence-electron chi connectivity index (χ4n) is 4.04. The third kappa shape index (κ3) is 7.48. The van der Waals surface area contributed by atoms with Crippen molar-refractivity contribution in [1.29, 1.82) is 0 Å². The molecule has 1 aromatic heterocycles. The molecule has 1 fully saturated rings. The Balaban J connectivity index is 1.51. The van der Waals surface area contributed by atoms with E-state index < -0.39 is 61.7 Å². The van der Waals surface area contributed by atoms with E-state index in [2.05, 4.69) is 5.09 Å². The largest absolute Gasteiger partial charge is 0.460 e. The normalized spacial score (nSPS) is 24.1. The molecule has 1 saturated heterocycles. The van der Waals surface area contributed by atoms with Gasteiger partial charge < -0.3 is 19.1 Å². The van der Waals surface area contributed by atoms with Crippen molar-refractivity contribution in [3.63, 3.8) is 0 Å². The van der Waals surface area contributed by atoms with E-state index in [4.69, 9.17) is 41.7 Å². The number of rotatable bonds is 11. The molecule has 6 atom stereocenters. The lowest BCUT2D eigenvalue weighted by atomic mass is 9.98. The van der Waals surface area contributed by atoms with Crippen molar-refractivity contribution in [1.82, 2.24) is 14.6 Å². The summed E-state index contributed by atoms with van der Waals surface area (Å²) >= 11 is 12.0. The topological polar surface area (TPSA) is 158 Å². The Labute approximate surface area is 248 Å². The molecule has 0 amide bonds. The van der Waals surface area contributed by atoms with Gasteiger partial charge in [-0.2, -0.15) is 5.09 Å². The molecule has 226 valence electrons. The predicted octanol–water partition coefficient (Wildman–Crippen LogP) is 3.76. The number of nitrogens with zero attached hydrogens (tertiary/aromatic N) is 1. The van der Waals surface area contributed by atoms with Gasteiger partial charge in [0.25, 0.3) is 5.56 Å². The summed E-state index contributed by atoms with van der Waals surface area (Å²) in [5, 5.41) is 13.4. The van der Waals surface area contributed by atoms with Crippen LogP contribution in [0.1, 0.15) is 25.6 Å². The number of aliphatic hydroxyl groups is 1. The van der Waals surface area contributed by atoms with Crippen molar-refractivity contribution < 1.29 is 37.4 Å². The van der Waals surface area contributed by atoms with Crippen LogP contribution in [0, 0.1) is 0 Å². The first kappa shape index (κ1) is 31.9. The number of aliphatic hydroxyl groups excluding tert-OH is 1. The van der Waals surface area contributed by atoms with Gasteiger partial charge in [-0.25, -0.2) is 13.8 Å². The highest BCUT2D eigenvalue weighted by Crippen LogP contribution is 2.48. The number of halogens is 3. The van der Waals surface area contributed by atoms with E-state index >= 15 is 4.39 Å². The zero-order chi connectivity index (χ0) is 30.7. The van der Waals surface area contributed by atoms with Gasteiger partial charge in [0.2, 0.25) is 0 Å². The van der Waals surface area contributed by atoms with Crippen LogP contribution < -0.4 is 20.9 Å². The molecule has 42 heavy (non-hydrogen) atoms. The number of aromatic amines is 1. The summed E-state index contributed by atoms with van der Waals surface area (Å²) in [4.78, 5) is 38.3.